The second kappa shape index (κ2) is 2.64. The molecule has 1 rings (SSSR count). The molecular formula is C4H5BrN2OS. The number of nitrogens with one attached hydrogen (secondary N) is 1. The Bertz CT molecular complexity index is 193. The van der Waals surface area contributed by atoms with E-state index in [1.165, 1.54) is 11.3 Å². The lowest BCUT2D eigenvalue weighted by Crippen LogP contribution is -1.86. The number of aryl methyl sites for hydroxylation is 1. The zero-order valence-corrected chi connectivity index (χ0v) is 7.08. The molecule has 0 aliphatic rings. The predicted octanol–water partition coefficient (Wildman–Crippen LogP) is 2.02. The molecule has 1 heterocycles. The molecule has 0 unspecified atom stereocenters. The third-order valence-corrected chi connectivity index (χ3v) is 2.75. The second-order valence-corrected chi connectivity index (χ2v) is 3.81. The second-order valence-electron chi connectivity index (χ2n) is 1.49. The van der Waals surface area contributed by atoms with Gasteiger partial charge in [0.1, 0.15) is 0 Å². The average molecular weight is 209 g/mol. The molecule has 1 aromatic rings. The Hall–Kier alpha value is -0.130. The van der Waals surface area contributed by atoms with Crippen molar-refractivity contribution in [3.63, 3.8) is 0 Å². The van der Waals surface area contributed by atoms with Crippen molar-refractivity contribution >= 4 is 32.4 Å². The number of aromatic nitrogens is 1. The Morgan fingerprint density at radius 3 is 2.67 bits per heavy atom. The highest BCUT2D eigenvalue weighted by atomic mass is 79.9. The van der Waals surface area contributed by atoms with E-state index < -0.39 is 0 Å². The van der Waals surface area contributed by atoms with Crippen LogP contribution in [0.1, 0.15) is 5.69 Å². The van der Waals surface area contributed by atoms with E-state index >= 15 is 0 Å². The summed E-state index contributed by atoms with van der Waals surface area (Å²) in [5.74, 6) is 0. The number of rotatable bonds is 1. The quantitative estimate of drug-likeness (QED) is 0.695. The van der Waals surface area contributed by atoms with Gasteiger partial charge in [-0.05, 0) is 22.9 Å². The van der Waals surface area contributed by atoms with Gasteiger partial charge >= 0.3 is 0 Å². The van der Waals surface area contributed by atoms with Gasteiger partial charge in [-0.2, -0.15) is 0 Å². The van der Waals surface area contributed by atoms with Crippen LogP contribution in [0.2, 0.25) is 0 Å². The minimum Gasteiger partial charge on any atom is -0.289 e. The van der Waals surface area contributed by atoms with E-state index in [-0.39, 0.29) is 0 Å². The molecular weight excluding hydrogens is 204 g/mol. The van der Waals surface area contributed by atoms with E-state index in [2.05, 4.69) is 20.9 Å². The maximum atomic E-state index is 8.35. The van der Waals surface area contributed by atoms with Gasteiger partial charge in [-0.3, -0.25) is 5.21 Å². The average Bonchev–Trinajstić information content (AvgIpc) is 2.13. The number of hydrogen-bond donors (Lipinski definition) is 2. The number of thiazole rings is 1. The minimum atomic E-state index is 0.513. The van der Waals surface area contributed by atoms with E-state index in [1.54, 1.807) is 0 Å². The summed E-state index contributed by atoms with van der Waals surface area (Å²) in [6.07, 6.45) is 0. The van der Waals surface area contributed by atoms with Crippen LogP contribution in [0, 0.1) is 6.92 Å². The van der Waals surface area contributed by atoms with Crippen molar-refractivity contribution in [3.05, 3.63) is 9.48 Å². The first-order chi connectivity index (χ1) is 4.24. The molecule has 0 spiro atoms. The number of nitrogens with zero attached hydrogens (tertiary/aromatic N) is 1. The van der Waals surface area contributed by atoms with Gasteiger partial charge in [0.15, 0.2) is 0 Å². The first kappa shape index (κ1) is 6.98. The first-order valence-electron chi connectivity index (χ1n) is 2.27. The number of halogens is 1. The Balaban J connectivity index is 2.98. The van der Waals surface area contributed by atoms with Crippen LogP contribution >= 0.6 is 27.3 Å². The van der Waals surface area contributed by atoms with Crippen LogP contribution in [-0.2, 0) is 0 Å². The van der Waals surface area contributed by atoms with E-state index in [4.69, 9.17) is 5.21 Å². The number of anilines is 1. The van der Waals surface area contributed by atoms with Crippen LogP contribution in [0.25, 0.3) is 0 Å². The fraction of sp³-hybridized carbons (Fsp3) is 0.250. The van der Waals surface area contributed by atoms with Crippen molar-refractivity contribution in [2.45, 2.75) is 6.92 Å². The molecule has 50 valence electrons. The van der Waals surface area contributed by atoms with Crippen LogP contribution in [-0.4, -0.2) is 10.2 Å². The lowest BCUT2D eigenvalue weighted by Gasteiger charge is -1.83. The fourth-order valence-electron chi connectivity index (χ4n) is 0.426. The maximum Gasteiger partial charge on any atom is 0.208 e. The van der Waals surface area contributed by atoms with Gasteiger partial charge in [0.25, 0.3) is 0 Å². The van der Waals surface area contributed by atoms with Gasteiger partial charge in [0.05, 0.1) is 9.48 Å². The SMILES string of the molecule is Cc1nc(NO)sc1Br. The monoisotopic (exact) mass is 208 g/mol. The van der Waals surface area contributed by atoms with Gasteiger partial charge < -0.3 is 0 Å². The lowest BCUT2D eigenvalue weighted by atomic mass is 10.6. The van der Waals surface area contributed by atoms with Gasteiger partial charge in [-0.15, -0.1) is 0 Å². The van der Waals surface area contributed by atoms with Crippen molar-refractivity contribution in [3.8, 4) is 0 Å². The highest BCUT2D eigenvalue weighted by molar-refractivity contribution is 9.11. The zero-order valence-electron chi connectivity index (χ0n) is 4.68. The fourth-order valence-corrected chi connectivity index (χ4v) is 1.57. The van der Waals surface area contributed by atoms with Crippen molar-refractivity contribution in [2.75, 3.05) is 5.48 Å². The van der Waals surface area contributed by atoms with Gasteiger partial charge in [0.2, 0.25) is 5.13 Å². The summed E-state index contributed by atoms with van der Waals surface area (Å²) in [6.45, 7) is 1.86. The predicted molar refractivity (Wildman–Crippen MR) is 40.0 cm³/mol. The molecule has 0 aliphatic heterocycles. The summed E-state index contributed by atoms with van der Waals surface area (Å²) in [6, 6.07) is 0. The molecule has 0 fully saturated rings. The van der Waals surface area contributed by atoms with Gasteiger partial charge in [-0.1, -0.05) is 11.3 Å². The normalized spacial score (nSPS) is 9.67. The summed E-state index contributed by atoms with van der Waals surface area (Å²) in [5, 5.41) is 8.87. The van der Waals surface area contributed by atoms with Crippen molar-refractivity contribution in [1.82, 2.24) is 4.98 Å². The van der Waals surface area contributed by atoms with Crippen molar-refractivity contribution in [2.24, 2.45) is 0 Å². The highest BCUT2D eigenvalue weighted by Crippen LogP contribution is 2.26. The van der Waals surface area contributed by atoms with Crippen molar-refractivity contribution in [1.29, 1.82) is 0 Å². The van der Waals surface area contributed by atoms with Crippen LogP contribution in [0.3, 0.4) is 0 Å². The molecule has 0 saturated carbocycles. The first-order valence-corrected chi connectivity index (χ1v) is 3.88. The minimum absolute atomic E-state index is 0.513. The molecule has 0 bridgehead atoms. The van der Waals surface area contributed by atoms with E-state index in [0.29, 0.717) is 5.13 Å². The summed E-state index contributed by atoms with van der Waals surface area (Å²) in [4.78, 5) is 3.94. The summed E-state index contributed by atoms with van der Waals surface area (Å²) in [7, 11) is 0. The highest BCUT2D eigenvalue weighted by Gasteiger charge is 2.01. The smallest absolute Gasteiger partial charge is 0.208 e. The Labute approximate surface area is 64.8 Å². The Morgan fingerprint density at radius 2 is 2.44 bits per heavy atom. The van der Waals surface area contributed by atoms with Crippen molar-refractivity contribution < 1.29 is 5.21 Å². The Kier molecular flexibility index (Phi) is 2.05. The summed E-state index contributed by atoms with van der Waals surface area (Å²) < 4.78 is 0.944. The molecule has 0 amide bonds. The Morgan fingerprint density at radius 1 is 1.78 bits per heavy atom. The molecule has 5 heteroatoms. The number of hydrogen-bond acceptors (Lipinski definition) is 4. The molecule has 0 aromatic carbocycles. The maximum absolute atomic E-state index is 8.35. The van der Waals surface area contributed by atoms with E-state index in [0.717, 1.165) is 9.48 Å². The molecule has 1 aromatic heterocycles. The molecule has 0 aliphatic carbocycles. The third kappa shape index (κ3) is 1.41. The summed E-state index contributed by atoms with van der Waals surface area (Å²) in [5.41, 5.74) is 2.85. The van der Waals surface area contributed by atoms with Gasteiger partial charge in [0, 0.05) is 0 Å². The zero-order chi connectivity index (χ0) is 6.85. The molecule has 0 atom stereocenters. The molecule has 0 saturated heterocycles. The van der Waals surface area contributed by atoms with Crippen LogP contribution in [0.5, 0.6) is 0 Å². The molecule has 9 heavy (non-hydrogen) atoms. The van der Waals surface area contributed by atoms with E-state index in [1.807, 2.05) is 12.4 Å². The van der Waals surface area contributed by atoms with E-state index in [9.17, 15) is 0 Å². The standard InChI is InChI=1S/C4H5BrN2OS/c1-2-3(5)9-4(6-2)7-8/h8H,1H3,(H,6,7). The largest absolute Gasteiger partial charge is 0.289 e. The van der Waals surface area contributed by atoms with Gasteiger partial charge in [-0.25, -0.2) is 10.5 Å². The van der Waals surface area contributed by atoms with Crippen LogP contribution in [0.4, 0.5) is 5.13 Å². The molecule has 2 N–H and O–H groups in total. The third-order valence-electron chi connectivity index (χ3n) is 0.836. The molecule has 3 nitrogen and oxygen atoms in total. The topological polar surface area (TPSA) is 45.2 Å². The lowest BCUT2D eigenvalue weighted by molar-refractivity contribution is 0.388. The summed E-state index contributed by atoms with van der Waals surface area (Å²) >= 11 is 4.62. The van der Waals surface area contributed by atoms with Crippen LogP contribution in [0.15, 0.2) is 3.79 Å². The molecule has 0 radical (unpaired) electrons. The van der Waals surface area contributed by atoms with Crippen LogP contribution < -0.4 is 5.48 Å².